The van der Waals surface area contributed by atoms with Crippen LogP contribution in [0.3, 0.4) is 0 Å². The Hall–Kier alpha value is -3.94. The third kappa shape index (κ3) is 8.30. The molecular formula is C36H38O6. The second-order valence-corrected chi connectivity index (χ2v) is 10.2. The molecule has 1 aliphatic heterocycles. The van der Waals surface area contributed by atoms with Crippen LogP contribution in [0.15, 0.2) is 128 Å². The van der Waals surface area contributed by atoms with E-state index in [1.54, 1.807) is 7.11 Å². The van der Waals surface area contributed by atoms with Crippen molar-refractivity contribution in [1.82, 2.24) is 0 Å². The largest absolute Gasteiger partial charge is 0.497 e. The van der Waals surface area contributed by atoms with Crippen LogP contribution in [-0.4, -0.2) is 38.1 Å². The summed E-state index contributed by atoms with van der Waals surface area (Å²) in [6.45, 7) is 6.15. The molecule has 4 aromatic carbocycles. The highest BCUT2D eigenvalue weighted by molar-refractivity contribution is 5.27. The molecule has 6 heteroatoms. The normalized spacial score (nSPS) is 20.2. The molecule has 1 fully saturated rings. The maximum Gasteiger partial charge on any atom is 0.150 e. The standard InChI is InChI=1S/C36H38O6/c1-27-34(39-23-29-14-8-4-9-15-29)36(41-24-30-16-10-5-11-17-30)35(40-25-31-18-20-32(37-2)21-19-31)33(42-27)26-38-22-28-12-6-3-7-13-28/h3-21,33-36H,1,22-26H2,2H3/t33-,34-,35-,36-/m1/s1. The minimum atomic E-state index is -0.542. The van der Waals surface area contributed by atoms with Crippen molar-refractivity contribution < 1.29 is 28.4 Å². The summed E-state index contributed by atoms with van der Waals surface area (Å²) in [6, 6.07) is 38.0. The van der Waals surface area contributed by atoms with Crippen molar-refractivity contribution in [3.8, 4) is 5.75 Å². The van der Waals surface area contributed by atoms with Gasteiger partial charge in [0.2, 0.25) is 0 Å². The number of hydrogen-bond acceptors (Lipinski definition) is 6. The van der Waals surface area contributed by atoms with Gasteiger partial charge in [0, 0.05) is 0 Å². The van der Waals surface area contributed by atoms with Crippen molar-refractivity contribution in [2.45, 2.75) is 50.8 Å². The van der Waals surface area contributed by atoms with Crippen molar-refractivity contribution in [2.24, 2.45) is 0 Å². The lowest BCUT2D eigenvalue weighted by Gasteiger charge is -2.43. The SMILES string of the molecule is C=C1O[C@H](COCc2ccccc2)[C@@H](OCc2ccc(OC)cc2)[C@H](OCc2ccccc2)[C@@H]1OCc1ccccc1. The molecule has 1 aliphatic rings. The van der Waals surface area contributed by atoms with Gasteiger partial charge in [0.25, 0.3) is 0 Å². The number of benzene rings is 4. The van der Waals surface area contributed by atoms with Crippen LogP contribution in [0.25, 0.3) is 0 Å². The first-order valence-corrected chi connectivity index (χ1v) is 14.2. The Bertz CT molecular complexity index is 1340. The monoisotopic (exact) mass is 566 g/mol. The Balaban J connectivity index is 1.37. The first-order chi connectivity index (χ1) is 20.7. The summed E-state index contributed by atoms with van der Waals surface area (Å²) in [6.07, 6.45) is -1.96. The van der Waals surface area contributed by atoms with E-state index in [0.29, 0.717) is 38.8 Å². The predicted octanol–water partition coefficient (Wildman–Crippen LogP) is 6.88. The molecule has 0 radical (unpaired) electrons. The Labute approximate surface area is 248 Å². The maximum absolute atomic E-state index is 6.61. The van der Waals surface area contributed by atoms with Gasteiger partial charge < -0.3 is 28.4 Å². The van der Waals surface area contributed by atoms with Gasteiger partial charge in [-0.05, 0) is 34.4 Å². The summed E-state index contributed by atoms with van der Waals surface area (Å²) >= 11 is 0. The second kappa shape index (κ2) is 15.3. The van der Waals surface area contributed by atoms with Gasteiger partial charge in [-0.2, -0.15) is 0 Å². The molecule has 1 heterocycles. The smallest absolute Gasteiger partial charge is 0.150 e. The Kier molecular flexibility index (Phi) is 10.8. The Morgan fingerprint density at radius 1 is 0.571 bits per heavy atom. The summed E-state index contributed by atoms with van der Waals surface area (Å²) in [7, 11) is 1.65. The number of ether oxygens (including phenoxy) is 6. The lowest BCUT2D eigenvalue weighted by Crippen LogP contribution is -2.56. The van der Waals surface area contributed by atoms with Crippen molar-refractivity contribution >= 4 is 0 Å². The van der Waals surface area contributed by atoms with Crippen LogP contribution in [0.2, 0.25) is 0 Å². The summed E-state index contributed by atoms with van der Waals surface area (Å²) in [5.74, 6) is 1.29. The quantitative estimate of drug-likeness (QED) is 0.166. The topological polar surface area (TPSA) is 55.4 Å². The molecule has 6 nitrogen and oxygen atoms in total. The van der Waals surface area contributed by atoms with E-state index in [1.807, 2.05) is 115 Å². The van der Waals surface area contributed by atoms with Gasteiger partial charge in [-0.3, -0.25) is 0 Å². The van der Waals surface area contributed by atoms with Gasteiger partial charge in [-0.1, -0.05) is 110 Å². The van der Waals surface area contributed by atoms with E-state index in [9.17, 15) is 0 Å². The highest BCUT2D eigenvalue weighted by Crippen LogP contribution is 2.32. The zero-order valence-electron chi connectivity index (χ0n) is 24.0. The van der Waals surface area contributed by atoms with E-state index in [2.05, 4.69) is 6.58 Å². The molecule has 0 N–H and O–H groups in total. The molecule has 1 saturated heterocycles. The van der Waals surface area contributed by atoms with E-state index in [0.717, 1.165) is 28.0 Å². The van der Waals surface area contributed by atoms with Crippen molar-refractivity contribution in [1.29, 1.82) is 0 Å². The highest BCUT2D eigenvalue weighted by Gasteiger charge is 2.46. The summed E-state index contributed by atoms with van der Waals surface area (Å²) < 4.78 is 37.5. The minimum absolute atomic E-state index is 0.303. The molecule has 0 spiro atoms. The van der Waals surface area contributed by atoms with Gasteiger partial charge >= 0.3 is 0 Å². The molecule has 42 heavy (non-hydrogen) atoms. The number of methoxy groups -OCH3 is 1. The average Bonchev–Trinajstić information content (AvgIpc) is 3.04. The van der Waals surface area contributed by atoms with E-state index >= 15 is 0 Å². The molecule has 0 aliphatic carbocycles. The van der Waals surface area contributed by atoms with Gasteiger partial charge in [0.15, 0.2) is 6.10 Å². The first-order valence-electron chi connectivity index (χ1n) is 14.2. The van der Waals surface area contributed by atoms with E-state index < -0.39 is 24.4 Å². The fourth-order valence-corrected chi connectivity index (χ4v) is 4.90. The van der Waals surface area contributed by atoms with Crippen LogP contribution < -0.4 is 4.74 Å². The molecule has 0 unspecified atom stereocenters. The molecule has 0 saturated carbocycles. The lowest BCUT2D eigenvalue weighted by molar-refractivity contribution is -0.223. The summed E-state index contributed by atoms with van der Waals surface area (Å²) in [4.78, 5) is 0. The van der Waals surface area contributed by atoms with Crippen LogP contribution in [-0.2, 0) is 50.1 Å². The fourth-order valence-electron chi connectivity index (χ4n) is 4.90. The molecule has 218 valence electrons. The van der Waals surface area contributed by atoms with Gasteiger partial charge in [-0.15, -0.1) is 0 Å². The van der Waals surface area contributed by atoms with E-state index in [4.69, 9.17) is 28.4 Å². The zero-order chi connectivity index (χ0) is 29.0. The Morgan fingerprint density at radius 2 is 1.05 bits per heavy atom. The third-order valence-corrected chi connectivity index (χ3v) is 7.16. The van der Waals surface area contributed by atoms with E-state index in [-0.39, 0.29) is 0 Å². The molecule has 4 atom stereocenters. The molecular weight excluding hydrogens is 528 g/mol. The highest BCUT2D eigenvalue weighted by atomic mass is 16.6. The number of hydrogen-bond donors (Lipinski definition) is 0. The van der Waals surface area contributed by atoms with Gasteiger partial charge in [0.05, 0.1) is 40.1 Å². The second-order valence-electron chi connectivity index (χ2n) is 10.2. The molecule has 4 aromatic rings. The van der Waals surface area contributed by atoms with Crippen molar-refractivity contribution in [3.05, 3.63) is 150 Å². The third-order valence-electron chi connectivity index (χ3n) is 7.16. The van der Waals surface area contributed by atoms with Crippen molar-refractivity contribution in [2.75, 3.05) is 13.7 Å². The van der Waals surface area contributed by atoms with Crippen LogP contribution >= 0.6 is 0 Å². The average molecular weight is 567 g/mol. The van der Waals surface area contributed by atoms with Gasteiger partial charge in [-0.25, -0.2) is 0 Å². The van der Waals surface area contributed by atoms with Crippen LogP contribution in [0.4, 0.5) is 0 Å². The van der Waals surface area contributed by atoms with Crippen LogP contribution in [0.5, 0.6) is 5.75 Å². The molecule has 0 bridgehead atoms. The lowest BCUT2D eigenvalue weighted by atomic mass is 9.97. The Morgan fingerprint density at radius 3 is 1.60 bits per heavy atom. The summed E-state index contributed by atoms with van der Waals surface area (Å²) in [5, 5.41) is 0. The van der Waals surface area contributed by atoms with Crippen LogP contribution in [0.1, 0.15) is 22.3 Å². The molecule has 5 rings (SSSR count). The van der Waals surface area contributed by atoms with Crippen molar-refractivity contribution in [3.63, 3.8) is 0 Å². The zero-order valence-corrected chi connectivity index (χ0v) is 24.0. The van der Waals surface area contributed by atoms with Gasteiger partial charge in [0.1, 0.15) is 29.8 Å². The van der Waals surface area contributed by atoms with Crippen LogP contribution in [0, 0.1) is 0 Å². The van der Waals surface area contributed by atoms with E-state index in [1.165, 1.54) is 0 Å². The number of rotatable bonds is 14. The molecule has 0 amide bonds. The first kappa shape index (κ1) is 29.5. The predicted molar refractivity (Wildman–Crippen MR) is 162 cm³/mol. The fraction of sp³-hybridized carbons (Fsp3) is 0.278. The minimum Gasteiger partial charge on any atom is -0.497 e. The molecule has 0 aromatic heterocycles. The summed E-state index contributed by atoms with van der Waals surface area (Å²) in [5.41, 5.74) is 4.20. The maximum atomic E-state index is 6.61.